The number of aromatic nitrogens is 2. The second-order valence-electron chi connectivity index (χ2n) is 4.27. The third kappa shape index (κ3) is 2.83. The molecule has 1 N–H and O–H groups in total. The third-order valence-electron chi connectivity index (χ3n) is 2.71. The van der Waals surface area contributed by atoms with Crippen molar-refractivity contribution in [2.75, 3.05) is 0 Å². The normalized spacial score (nSPS) is 15.0. The molecule has 94 valence electrons. The van der Waals surface area contributed by atoms with Crippen LogP contribution in [-0.4, -0.2) is 16.0 Å². The molecule has 2 aromatic heterocycles. The van der Waals surface area contributed by atoms with Gasteiger partial charge in [0.05, 0.1) is 10.0 Å². The van der Waals surface area contributed by atoms with Crippen LogP contribution in [0, 0.1) is 0 Å². The zero-order valence-electron chi connectivity index (χ0n) is 9.49. The van der Waals surface area contributed by atoms with Crippen molar-refractivity contribution in [3.8, 4) is 10.7 Å². The van der Waals surface area contributed by atoms with Crippen LogP contribution in [0.15, 0.2) is 18.5 Å². The highest BCUT2D eigenvalue weighted by atomic mass is 35.5. The summed E-state index contributed by atoms with van der Waals surface area (Å²) in [5.74, 6) is 0. The van der Waals surface area contributed by atoms with Crippen molar-refractivity contribution >= 4 is 34.5 Å². The van der Waals surface area contributed by atoms with Gasteiger partial charge in [0.15, 0.2) is 0 Å². The van der Waals surface area contributed by atoms with Crippen LogP contribution in [0.25, 0.3) is 10.7 Å². The number of halogens is 2. The molecule has 1 saturated carbocycles. The molecule has 0 saturated heterocycles. The fraction of sp³-hybridized carbons (Fsp3) is 0.333. The Balaban J connectivity index is 1.78. The second kappa shape index (κ2) is 5.13. The summed E-state index contributed by atoms with van der Waals surface area (Å²) >= 11 is 13.6. The topological polar surface area (TPSA) is 37.8 Å². The molecule has 0 unspecified atom stereocenters. The summed E-state index contributed by atoms with van der Waals surface area (Å²) < 4.78 is 0. The predicted octanol–water partition coefficient (Wildman–Crippen LogP) is 3.76. The maximum atomic E-state index is 6.11. The second-order valence-corrected chi connectivity index (χ2v) is 6.23. The molecule has 0 aromatic carbocycles. The molecule has 0 aliphatic heterocycles. The minimum Gasteiger partial charge on any atom is -0.309 e. The Hall–Kier alpha value is -0.680. The van der Waals surface area contributed by atoms with Crippen molar-refractivity contribution in [1.29, 1.82) is 0 Å². The minimum absolute atomic E-state index is 0.538. The fourth-order valence-electron chi connectivity index (χ4n) is 1.60. The maximum absolute atomic E-state index is 6.11. The van der Waals surface area contributed by atoms with Gasteiger partial charge < -0.3 is 5.32 Å². The average Bonchev–Trinajstić information content (AvgIpc) is 3.05. The Labute approximate surface area is 119 Å². The quantitative estimate of drug-likeness (QED) is 0.934. The molecule has 18 heavy (non-hydrogen) atoms. The van der Waals surface area contributed by atoms with Crippen molar-refractivity contribution in [2.45, 2.75) is 25.4 Å². The van der Waals surface area contributed by atoms with Crippen LogP contribution < -0.4 is 5.32 Å². The van der Waals surface area contributed by atoms with Crippen LogP contribution in [-0.2, 0) is 6.54 Å². The Morgan fingerprint density at radius 1 is 1.28 bits per heavy atom. The van der Waals surface area contributed by atoms with Crippen molar-refractivity contribution in [3.05, 3.63) is 33.4 Å². The Morgan fingerprint density at radius 3 is 2.83 bits per heavy atom. The van der Waals surface area contributed by atoms with E-state index >= 15 is 0 Å². The lowest BCUT2D eigenvalue weighted by atomic mass is 10.3. The summed E-state index contributed by atoms with van der Waals surface area (Å²) in [5, 5.41) is 5.37. The lowest BCUT2D eigenvalue weighted by Gasteiger charge is -1.99. The molecule has 1 aliphatic rings. The van der Waals surface area contributed by atoms with Gasteiger partial charge in [0, 0.05) is 29.9 Å². The molecule has 0 radical (unpaired) electrons. The number of hydrogen-bond donors (Lipinski definition) is 1. The lowest BCUT2D eigenvalue weighted by Crippen LogP contribution is -2.14. The molecule has 0 spiro atoms. The molecule has 0 amide bonds. The van der Waals surface area contributed by atoms with E-state index in [1.54, 1.807) is 23.6 Å². The highest BCUT2D eigenvalue weighted by Gasteiger charge is 2.20. The molecular weight excluding hydrogens is 289 g/mol. The first-order valence-electron chi connectivity index (χ1n) is 5.72. The summed E-state index contributed by atoms with van der Waals surface area (Å²) in [6.45, 7) is 0.869. The molecule has 3 rings (SSSR count). The van der Waals surface area contributed by atoms with E-state index < -0.39 is 0 Å². The highest BCUT2D eigenvalue weighted by molar-refractivity contribution is 7.15. The van der Waals surface area contributed by atoms with Crippen LogP contribution in [0.5, 0.6) is 0 Å². The van der Waals surface area contributed by atoms with Gasteiger partial charge in [-0.25, -0.2) is 4.98 Å². The van der Waals surface area contributed by atoms with E-state index in [-0.39, 0.29) is 0 Å². The number of hydrogen-bond acceptors (Lipinski definition) is 4. The summed E-state index contributed by atoms with van der Waals surface area (Å²) in [5.41, 5.74) is 0.698. The van der Waals surface area contributed by atoms with Crippen LogP contribution in [0.1, 0.15) is 17.7 Å². The van der Waals surface area contributed by atoms with Gasteiger partial charge in [0.2, 0.25) is 0 Å². The molecule has 2 heterocycles. The van der Waals surface area contributed by atoms with Gasteiger partial charge in [-0.2, -0.15) is 0 Å². The molecule has 6 heteroatoms. The Bertz CT molecular complexity index is 566. The SMILES string of the molecule is Clc1cnc(-c2ncc(CNC3CC3)s2)c(Cl)c1. The van der Waals surface area contributed by atoms with E-state index in [9.17, 15) is 0 Å². The van der Waals surface area contributed by atoms with E-state index in [1.807, 2.05) is 6.20 Å². The molecule has 1 fully saturated rings. The van der Waals surface area contributed by atoms with Crippen LogP contribution >= 0.6 is 34.5 Å². The van der Waals surface area contributed by atoms with E-state index in [2.05, 4.69) is 15.3 Å². The van der Waals surface area contributed by atoms with E-state index in [1.165, 1.54) is 17.7 Å². The number of thiazole rings is 1. The highest BCUT2D eigenvalue weighted by Crippen LogP contribution is 2.31. The Morgan fingerprint density at radius 2 is 2.11 bits per heavy atom. The zero-order chi connectivity index (χ0) is 12.5. The fourth-order valence-corrected chi connectivity index (χ4v) is 3.00. The zero-order valence-corrected chi connectivity index (χ0v) is 11.8. The number of rotatable bonds is 4. The van der Waals surface area contributed by atoms with Crippen molar-refractivity contribution in [2.24, 2.45) is 0 Å². The first-order valence-corrected chi connectivity index (χ1v) is 7.29. The van der Waals surface area contributed by atoms with Gasteiger partial charge in [-0.1, -0.05) is 23.2 Å². The van der Waals surface area contributed by atoms with Crippen molar-refractivity contribution in [3.63, 3.8) is 0 Å². The maximum Gasteiger partial charge on any atom is 0.143 e. The summed E-state index contributed by atoms with van der Waals surface area (Å²) in [4.78, 5) is 9.80. The molecule has 2 aromatic rings. The first kappa shape index (κ1) is 12.4. The van der Waals surface area contributed by atoms with E-state index in [4.69, 9.17) is 23.2 Å². The van der Waals surface area contributed by atoms with Gasteiger partial charge in [0.1, 0.15) is 10.7 Å². The predicted molar refractivity (Wildman–Crippen MR) is 75.2 cm³/mol. The molecule has 1 aliphatic carbocycles. The van der Waals surface area contributed by atoms with E-state index in [0.717, 1.165) is 11.6 Å². The van der Waals surface area contributed by atoms with Gasteiger partial charge >= 0.3 is 0 Å². The third-order valence-corrected chi connectivity index (χ3v) is 4.21. The largest absolute Gasteiger partial charge is 0.309 e. The van der Waals surface area contributed by atoms with Gasteiger partial charge in [-0.15, -0.1) is 11.3 Å². The first-order chi connectivity index (χ1) is 8.72. The summed E-state index contributed by atoms with van der Waals surface area (Å²) in [6.07, 6.45) is 6.04. The average molecular weight is 300 g/mol. The number of nitrogens with one attached hydrogen (secondary N) is 1. The smallest absolute Gasteiger partial charge is 0.143 e. The standard InChI is InChI=1S/C12H11Cl2N3S/c13-7-3-10(14)11(16-4-7)12-17-6-9(18-12)5-15-8-1-2-8/h3-4,6,8,15H,1-2,5H2. The van der Waals surface area contributed by atoms with Crippen LogP contribution in [0.4, 0.5) is 0 Å². The van der Waals surface area contributed by atoms with Gasteiger partial charge in [-0.05, 0) is 18.9 Å². The van der Waals surface area contributed by atoms with Crippen LogP contribution in [0.3, 0.4) is 0 Å². The van der Waals surface area contributed by atoms with Gasteiger partial charge in [-0.3, -0.25) is 4.98 Å². The van der Waals surface area contributed by atoms with Gasteiger partial charge in [0.25, 0.3) is 0 Å². The van der Waals surface area contributed by atoms with Crippen LogP contribution in [0.2, 0.25) is 10.0 Å². The molecule has 0 bridgehead atoms. The minimum atomic E-state index is 0.538. The van der Waals surface area contributed by atoms with Crippen molar-refractivity contribution < 1.29 is 0 Å². The molecular formula is C12H11Cl2N3S. The Kier molecular flexibility index (Phi) is 3.52. The number of nitrogens with zero attached hydrogens (tertiary/aromatic N) is 2. The molecule has 0 atom stereocenters. The molecule has 3 nitrogen and oxygen atoms in total. The van der Waals surface area contributed by atoms with Crippen molar-refractivity contribution in [1.82, 2.24) is 15.3 Å². The lowest BCUT2D eigenvalue weighted by molar-refractivity contribution is 0.694. The van der Waals surface area contributed by atoms with E-state index in [0.29, 0.717) is 21.8 Å². The summed E-state index contributed by atoms with van der Waals surface area (Å²) in [7, 11) is 0. The number of pyridine rings is 1. The summed E-state index contributed by atoms with van der Waals surface area (Å²) in [6, 6.07) is 2.39. The monoisotopic (exact) mass is 299 g/mol.